The number of benzene rings is 1. The van der Waals surface area contributed by atoms with E-state index < -0.39 is 23.5 Å². The van der Waals surface area contributed by atoms with Crippen LogP contribution >= 0.6 is 12.4 Å². The Kier molecular flexibility index (Phi) is 5.58. The summed E-state index contributed by atoms with van der Waals surface area (Å²) in [5.41, 5.74) is 3.94. The molecule has 1 atom stereocenters. The Morgan fingerprint density at radius 3 is 2.62 bits per heavy atom. The molecule has 0 bridgehead atoms. The van der Waals surface area contributed by atoms with Crippen LogP contribution in [0.5, 0.6) is 0 Å². The Morgan fingerprint density at radius 2 is 2.05 bits per heavy atom. The smallest absolute Gasteiger partial charge is 0.334 e. The summed E-state index contributed by atoms with van der Waals surface area (Å²) in [6.07, 6.45) is -3.32. The third-order valence-electron chi connectivity index (χ3n) is 3.43. The highest BCUT2D eigenvalue weighted by Crippen LogP contribution is 2.32. The molecule has 1 aliphatic rings. The highest BCUT2D eigenvalue weighted by molar-refractivity contribution is 5.94. The monoisotopic (exact) mass is 326 g/mol. The van der Waals surface area contributed by atoms with Crippen LogP contribution < -0.4 is 5.73 Å². The van der Waals surface area contributed by atoms with Gasteiger partial charge >= 0.3 is 6.18 Å². The van der Waals surface area contributed by atoms with Gasteiger partial charge in [0, 0.05) is 24.7 Å². The molecular formula is C13H15ClF4N2O. The number of hydrogen-bond acceptors (Lipinski definition) is 2. The molecular weight excluding hydrogens is 312 g/mol. The highest BCUT2D eigenvalue weighted by atomic mass is 35.5. The van der Waals surface area contributed by atoms with Gasteiger partial charge in [-0.05, 0) is 31.0 Å². The van der Waals surface area contributed by atoms with Crippen LogP contribution in [-0.4, -0.2) is 29.9 Å². The van der Waals surface area contributed by atoms with Gasteiger partial charge in [0.15, 0.2) is 0 Å². The van der Waals surface area contributed by atoms with Gasteiger partial charge in [-0.3, -0.25) is 4.79 Å². The molecule has 2 N–H and O–H groups in total. The molecule has 0 spiro atoms. The normalized spacial score (nSPS) is 18.5. The summed E-state index contributed by atoms with van der Waals surface area (Å²) in [6.45, 7) is 0.721. The van der Waals surface area contributed by atoms with Gasteiger partial charge in [0.25, 0.3) is 5.91 Å². The number of carbonyl (C=O) groups is 1. The van der Waals surface area contributed by atoms with Crippen molar-refractivity contribution in [3.63, 3.8) is 0 Å². The zero-order valence-corrected chi connectivity index (χ0v) is 11.8. The number of nitrogens with zero attached hydrogens (tertiary/aromatic N) is 1. The Hall–Kier alpha value is -1.34. The minimum absolute atomic E-state index is 0. The number of halogens is 5. The van der Waals surface area contributed by atoms with Crippen molar-refractivity contribution in [1.29, 1.82) is 0 Å². The summed E-state index contributed by atoms with van der Waals surface area (Å²) < 4.78 is 51.1. The molecule has 2 rings (SSSR count). The molecule has 8 heteroatoms. The molecule has 1 fully saturated rings. The second kappa shape index (κ2) is 6.62. The summed E-state index contributed by atoms with van der Waals surface area (Å²) >= 11 is 0. The number of rotatable bonds is 2. The highest BCUT2D eigenvalue weighted by Gasteiger charge is 2.36. The lowest BCUT2D eigenvalue weighted by molar-refractivity contribution is -0.140. The third kappa shape index (κ3) is 3.65. The van der Waals surface area contributed by atoms with Gasteiger partial charge < -0.3 is 10.6 Å². The predicted octanol–water partition coefficient (Wildman–Crippen LogP) is 2.83. The van der Waals surface area contributed by atoms with Crippen LogP contribution in [0.25, 0.3) is 0 Å². The van der Waals surface area contributed by atoms with Gasteiger partial charge in [-0.1, -0.05) is 0 Å². The molecule has 0 aliphatic carbocycles. The van der Waals surface area contributed by atoms with E-state index in [1.807, 2.05) is 0 Å². The van der Waals surface area contributed by atoms with E-state index >= 15 is 0 Å². The van der Waals surface area contributed by atoms with Crippen molar-refractivity contribution in [3.8, 4) is 0 Å². The molecule has 1 saturated heterocycles. The van der Waals surface area contributed by atoms with E-state index in [0.717, 1.165) is 18.9 Å². The first kappa shape index (κ1) is 17.7. The molecule has 0 radical (unpaired) electrons. The van der Waals surface area contributed by atoms with Gasteiger partial charge in [-0.2, -0.15) is 13.2 Å². The molecule has 1 aromatic rings. The first-order chi connectivity index (χ1) is 9.34. The summed E-state index contributed by atoms with van der Waals surface area (Å²) in [4.78, 5) is 13.6. The minimum Gasteiger partial charge on any atom is -0.334 e. The van der Waals surface area contributed by atoms with Gasteiger partial charge in [0.1, 0.15) is 5.82 Å². The summed E-state index contributed by atoms with van der Waals surface area (Å²) in [5, 5.41) is 0. The molecule has 1 unspecified atom stereocenters. The van der Waals surface area contributed by atoms with Crippen LogP contribution in [0.15, 0.2) is 18.2 Å². The van der Waals surface area contributed by atoms with Gasteiger partial charge in [-0.15, -0.1) is 12.4 Å². The Bertz CT molecular complexity index is 521. The van der Waals surface area contributed by atoms with E-state index in [-0.39, 0.29) is 30.6 Å². The molecule has 3 nitrogen and oxygen atoms in total. The number of alkyl halides is 3. The van der Waals surface area contributed by atoms with Crippen LogP contribution in [-0.2, 0) is 6.18 Å². The first-order valence-electron chi connectivity index (χ1n) is 6.22. The van der Waals surface area contributed by atoms with Crippen molar-refractivity contribution in [2.75, 3.05) is 13.1 Å². The number of nitrogens with two attached hydrogens (primary N) is 1. The second-order valence-corrected chi connectivity index (χ2v) is 4.72. The Labute approximate surface area is 125 Å². The fourth-order valence-corrected chi connectivity index (χ4v) is 2.39. The van der Waals surface area contributed by atoms with Crippen molar-refractivity contribution in [2.24, 2.45) is 5.73 Å². The number of carbonyl (C=O) groups excluding carboxylic acids is 1. The van der Waals surface area contributed by atoms with E-state index in [4.69, 9.17) is 5.73 Å². The second-order valence-electron chi connectivity index (χ2n) is 4.72. The van der Waals surface area contributed by atoms with E-state index in [1.54, 1.807) is 0 Å². The SMILES string of the molecule is Cl.NCC1CCCN1C(=O)c1ccc(F)c(C(F)(F)F)c1. The Balaban J connectivity index is 0.00000220. The van der Waals surface area contributed by atoms with Gasteiger partial charge in [0.05, 0.1) is 5.56 Å². The summed E-state index contributed by atoms with van der Waals surface area (Å²) in [7, 11) is 0. The average Bonchev–Trinajstić information content (AvgIpc) is 2.85. The molecule has 1 aromatic carbocycles. The fourth-order valence-electron chi connectivity index (χ4n) is 2.39. The lowest BCUT2D eigenvalue weighted by Crippen LogP contribution is -2.40. The van der Waals surface area contributed by atoms with E-state index in [1.165, 1.54) is 4.90 Å². The molecule has 1 aliphatic heterocycles. The van der Waals surface area contributed by atoms with Crippen LogP contribution in [0, 0.1) is 5.82 Å². The fraction of sp³-hybridized carbons (Fsp3) is 0.462. The quantitative estimate of drug-likeness (QED) is 0.850. The molecule has 21 heavy (non-hydrogen) atoms. The summed E-state index contributed by atoms with van der Waals surface area (Å²) in [5.74, 6) is -1.92. The van der Waals surface area contributed by atoms with E-state index in [2.05, 4.69) is 0 Å². The topological polar surface area (TPSA) is 46.3 Å². The van der Waals surface area contributed by atoms with Crippen LogP contribution in [0.2, 0.25) is 0 Å². The van der Waals surface area contributed by atoms with Crippen LogP contribution in [0.3, 0.4) is 0 Å². The first-order valence-corrected chi connectivity index (χ1v) is 6.22. The lowest BCUT2D eigenvalue weighted by atomic mass is 10.1. The van der Waals surface area contributed by atoms with Crippen LogP contribution in [0.4, 0.5) is 17.6 Å². The molecule has 1 heterocycles. The summed E-state index contributed by atoms with van der Waals surface area (Å²) in [6, 6.07) is 2.13. The van der Waals surface area contributed by atoms with Crippen molar-refractivity contribution >= 4 is 18.3 Å². The molecule has 1 amide bonds. The standard InChI is InChI=1S/C13H14F4N2O.ClH/c14-11-4-3-8(6-10(11)13(15,16)17)12(20)19-5-1-2-9(19)7-18;/h3-4,6,9H,1-2,5,7,18H2;1H. The van der Waals surface area contributed by atoms with Crippen molar-refractivity contribution < 1.29 is 22.4 Å². The predicted molar refractivity (Wildman–Crippen MR) is 71.8 cm³/mol. The van der Waals surface area contributed by atoms with E-state index in [0.29, 0.717) is 18.7 Å². The van der Waals surface area contributed by atoms with Crippen LogP contribution in [0.1, 0.15) is 28.8 Å². The van der Waals surface area contributed by atoms with Crippen molar-refractivity contribution in [1.82, 2.24) is 4.90 Å². The molecule has 0 saturated carbocycles. The lowest BCUT2D eigenvalue weighted by Gasteiger charge is -2.23. The maximum Gasteiger partial charge on any atom is 0.419 e. The number of likely N-dealkylation sites (tertiary alicyclic amines) is 1. The third-order valence-corrected chi connectivity index (χ3v) is 3.43. The maximum atomic E-state index is 13.2. The zero-order valence-electron chi connectivity index (χ0n) is 11.0. The maximum absolute atomic E-state index is 13.2. The Morgan fingerprint density at radius 1 is 1.38 bits per heavy atom. The minimum atomic E-state index is -4.82. The molecule has 0 aromatic heterocycles. The largest absolute Gasteiger partial charge is 0.419 e. The van der Waals surface area contributed by atoms with Crippen molar-refractivity contribution in [2.45, 2.75) is 25.1 Å². The van der Waals surface area contributed by atoms with Gasteiger partial charge in [-0.25, -0.2) is 4.39 Å². The zero-order chi connectivity index (χ0) is 14.9. The molecule has 118 valence electrons. The average molecular weight is 327 g/mol. The number of hydrogen-bond donors (Lipinski definition) is 1. The van der Waals surface area contributed by atoms with E-state index in [9.17, 15) is 22.4 Å². The van der Waals surface area contributed by atoms with Crippen molar-refractivity contribution in [3.05, 3.63) is 35.1 Å². The van der Waals surface area contributed by atoms with Gasteiger partial charge in [0.2, 0.25) is 0 Å². The number of amides is 1.